The van der Waals surface area contributed by atoms with Crippen molar-refractivity contribution in [3.63, 3.8) is 0 Å². The third-order valence-corrected chi connectivity index (χ3v) is 13.0. The summed E-state index contributed by atoms with van der Waals surface area (Å²) in [5.41, 5.74) is 20.7. The molecule has 0 nitrogen and oxygen atoms in total. The van der Waals surface area contributed by atoms with E-state index in [1.54, 1.807) is 0 Å². The van der Waals surface area contributed by atoms with E-state index < -0.39 is 0 Å². The highest BCUT2D eigenvalue weighted by Gasteiger charge is 2.36. The van der Waals surface area contributed by atoms with Crippen molar-refractivity contribution in [2.24, 2.45) is 0 Å². The van der Waals surface area contributed by atoms with Gasteiger partial charge in [0.2, 0.25) is 0 Å². The molecule has 0 aliphatic heterocycles. The van der Waals surface area contributed by atoms with E-state index in [9.17, 15) is 0 Å². The maximum Gasteiger partial charge on any atom is 0.0159 e. The van der Waals surface area contributed by atoms with Crippen molar-refractivity contribution < 1.29 is 0 Å². The van der Waals surface area contributed by atoms with E-state index in [0.29, 0.717) is 0 Å². The van der Waals surface area contributed by atoms with Crippen LogP contribution in [0.15, 0.2) is 194 Å². The van der Waals surface area contributed by atoms with Crippen molar-refractivity contribution in [3.05, 3.63) is 205 Å². The lowest BCUT2D eigenvalue weighted by Gasteiger charge is -2.23. The highest BCUT2D eigenvalue weighted by molar-refractivity contribution is 6.28. The average molecular weight is 723 g/mol. The van der Waals surface area contributed by atoms with Crippen LogP contribution in [0.1, 0.15) is 25.0 Å². The SMILES string of the molecule is CC1(C)c2cc(-c3ccc(-c4c5c(c(-c6ccccc6)c6ccccc46)-c4cccc6cccc-5c46)c(-c4ccccc4)c3)ccc2-c2cc3ccccc3cc21. The van der Waals surface area contributed by atoms with Gasteiger partial charge in [-0.2, -0.15) is 0 Å². The van der Waals surface area contributed by atoms with E-state index >= 15 is 0 Å². The van der Waals surface area contributed by atoms with Crippen LogP contribution in [0, 0.1) is 0 Å². The number of benzene rings is 10. The fourth-order valence-electron chi connectivity index (χ4n) is 10.3. The molecule has 12 rings (SSSR count). The molecule has 10 aromatic rings. The summed E-state index contributed by atoms with van der Waals surface area (Å²) in [6.45, 7) is 4.77. The van der Waals surface area contributed by atoms with Gasteiger partial charge in [-0.1, -0.05) is 184 Å². The number of rotatable bonds is 4. The summed E-state index contributed by atoms with van der Waals surface area (Å²) in [6, 6.07) is 72.7. The van der Waals surface area contributed by atoms with Gasteiger partial charge in [0, 0.05) is 5.41 Å². The Bertz CT molecular complexity index is 3290. The van der Waals surface area contributed by atoms with Gasteiger partial charge in [-0.25, -0.2) is 0 Å². The molecule has 0 bridgehead atoms. The Morgan fingerprint density at radius 2 is 0.807 bits per heavy atom. The first kappa shape index (κ1) is 32.2. The van der Waals surface area contributed by atoms with Gasteiger partial charge in [0.25, 0.3) is 0 Å². The van der Waals surface area contributed by atoms with Crippen molar-refractivity contribution in [2.45, 2.75) is 19.3 Å². The first-order chi connectivity index (χ1) is 28.0. The minimum Gasteiger partial charge on any atom is -0.0622 e. The quantitative estimate of drug-likeness (QED) is 0.170. The zero-order chi connectivity index (χ0) is 37.8. The number of fused-ring (bicyclic) bond motifs is 8. The smallest absolute Gasteiger partial charge is 0.0159 e. The zero-order valence-electron chi connectivity index (χ0n) is 32.0. The van der Waals surface area contributed by atoms with Gasteiger partial charge in [0.15, 0.2) is 0 Å². The van der Waals surface area contributed by atoms with Crippen molar-refractivity contribution >= 4 is 32.3 Å². The van der Waals surface area contributed by atoms with Crippen molar-refractivity contribution in [1.82, 2.24) is 0 Å². The summed E-state index contributed by atoms with van der Waals surface area (Å²) in [5, 5.41) is 7.77. The van der Waals surface area contributed by atoms with Gasteiger partial charge >= 0.3 is 0 Å². The Morgan fingerprint density at radius 3 is 1.51 bits per heavy atom. The summed E-state index contributed by atoms with van der Waals surface area (Å²) >= 11 is 0. The van der Waals surface area contributed by atoms with Gasteiger partial charge in [0.05, 0.1) is 0 Å². The molecule has 266 valence electrons. The van der Waals surface area contributed by atoms with E-state index in [4.69, 9.17) is 0 Å². The second-order valence-electron chi connectivity index (χ2n) is 16.4. The molecule has 0 radical (unpaired) electrons. The van der Waals surface area contributed by atoms with Gasteiger partial charge in [-0.05, 0) is 146 Å². The Balaban J connectivity index is 1.12. The molecule has 0 fully saturated rings. The minimum absolute atomic E-state index is 0.108. The first-order valence-electron chi connectivity index (χ1n) is 20.1. The lowest BCUT2D eigenvalue weighted by Crippen LogP contribution is -2.15. The van der Waals surface area contributed by atoms with E-state index in [1.807, 2.05) is 0 Å². The predicted octanol–water partition coefficient (Wildman–Crippen LogP) is 15.8. The van der Waals surface area contributed by atoms with Crippen LogP contribution >= 0.6 is 0 Å². The Morgan fingerprint density at radius 1 is 0.281 bits per heavy atom. The molecule has 2 aliphatic rings. The van der Waals surface area contributed by atoms with Gasteiger partial charge in [-0.15, -0.1) is 0 Å². The van der Waals surface area contributed by atoms with Crippen LogP contribution in [0.2, 0.25) is 0 Å². The van der Waals surface area contributed by atoms with Crippen molar-refractivity contribution in [1.29, 1.82) is 0 Å². The monoisotopic (exact) mass is 722 g/mol. The molecule has 0 saturated carbocycles. The molecule has 0 aromatic heterocycles. The molecular formula is C57H38. The highest BCUT2D eigenvalue weighted by Crippen LogP contribution is 2.59. The summed E-state index contributed by atoms with van der Waals surface area (Å²) in [6.07, 6.45) is 0. The number of hydrogen-bond donors (Lipinski definition) is 0. The predicted molar refractivity (Wildman–Crippen MR) is 243 cm³/mol. The standard InChI is InChI=1S/C57H38/c1-57(2)50-34-41(27-29-42(50)49-32-38-19-9-10-20-39(38)33-51(49)57)40-28-30-45(48(31-40)35-15-5-3-6-16-35)54-44-24-12-11-23-43(44)53(37-17-7-4-8-18-37)55-46-25-13-21-36-22-14-26-47(52(36)46)56(54)55/h3-34H,1-2H3. The Hall–Kier alpha value is -7.02. The molecule has 0 heterocycles. The van der Waals surface area contributed by atoms with Crippen LogP contribution in [0.5, 0.6) is 0 Å². The van der Waals surface area contributed by atoms with E-state index in [0.717, 1.165) is 0 Å². The first-order valence-corrected chi connectivity index (χ1v) is 20.1. The zero-order valence-corrected chi connectivity index (χ0v) is 32.0. The van der Waals surface area contributed by atoms with Gasteiger partial charge in [0.1, 0.15) is 0 Å². The molecule has 0 amide bonds. The summed E-state index contributed by atoms with van der Waals surface area (Å²) in [5.74, 6) is 0. The van der Waals surface area contributed by atoms with Gasteiger partial charge < -0.3 is 0 Å². The van der Waals surface area contributed by atoms with Gasteiger partial charge in [-0.3, -0.25) is 0 Å². The van der Waals surface area contributed by atoms with E-state index in [-0.39, 0.29) is 5.41 Å². The van der Waals surface area contributed by atoms with Crippen LogP contribution in [0.25, 0.3) is 110 Å². The molecule has 0 N–H and O–H groups in total. The van der Waals surface area contributed by atoms with E-state index in [1.165, 1.54) is 121 Å². The number of hydrogen-bond acceptors (Lipinski definition) is 0. The minimum atomic E-state index is -0.108. The van der Waals surface area contributed by atoms with Crippen LogP contribution < -0.4 is 0 Å². The lowest BCUT2D eigenvalue weighted by molar-refractivity contribution is 0.661. The normalized spacial score (nSPS) is 13.2. The topological polar surface area (TPSA) is 0 Å². The largest absolute Gasteiger partial charge is 0.0622 e. The maximum atomic E-state index is 2.46. The van der Waals surface area contributed by atoms with Crippen LogP contribution in [-0.4, -0.2) is 0 Å². The molecule has 10 aromatic carbocycles. The second kappa shape index (κ2) is 12.0. The molecule has 0 spiro atoms. The molecular weight excluding hydrogens is 685 g/mol. The maximum absolute atomic E-state index is 2.46. The summed E-state index contributed by atoms with van der Waals surface area (Å²) < 4.78 is 0. The van der Waals surface area contributed by atoms with Crippen LogP contribution in [-0.2, 0) is 5.41 Å². The Labute approximate surface area is 333 Å². The summed E-state index contributed by atoms with van der Waals surface area (Å²) in [7, 11) is 0. The third-order valence-electron chi connectivity index (χ3n) is 13.0. The molecule has 0 heteroatoms. The molecule has 2 aliphatic carbocycles. The third kappa shape index (κ3) is 4.62. The van der Waals surface area contributed by atoms with Crippen LogP contribution in [0.4, 0.5) is 0 Å². The highest BCUT2D eigenvalue weighted by atomic mass is 14.4. The molecule has 0 unspecified atom stereocenters. The van der Waals surface area contributed by atoms with Crippen LogP contribution in [0.3, 0.4) is 0 Å². The van der Waals surface area contributed by atoms with Crippen molar-refractivity contribution in [3.8, 4) is 77.9 Å². The van der Waals surface area contributed by atoms with E-state index in [2.05, 4.69) is 208 Å². The molecule has 57 heavy (non-hydrogen) atoms. The summed E-state index contributed by atoms with van der Waals surface area (Å²) in [4.78, 5) is 0. The fourth-order valence-corrected chi connectivity index (χ4v) is 10.3. The molecule has 0 atom stereocenters. The van der Waals surface area contributed by atoms with Crippen molar-refractivity contribution in [2.75, 3.05) is 0 Å². The molecule has 0 saturated heterocycles. The average Bonchev–Trinajstić information content (AvgIpc) is 3.71. The lowest BCUT2D eigenvalue weighted by atomic mass is 9.79. The second-order valence-corrected chi connectivity index (χ2v) is 16.4. The Kier molecular flexibility index (Phi) is 6.78. The fraction of sp³-hybridized carbons (Fsp3) is 0.0526.